The molecule has 0 saturated carbocycles. The highest BCUT2D eigenvalue weighted by atomic mass is 32.2. The second-order valence-electron chi connectivity index (χ2n) is 7.35. The van der Waals surface area contributed by atoms with E-state index >= 15 is 0 Å². The Kier molecular flexibility index (Phi) is 3.68. The average Bonchev–Trinajstić information content (AvgIpc) is 3.06. The first kappa shape index (κ1) is 14.4. The molecule has 0 aliphatic carbocycles. The fourth-order valence-electron chi connectivity index (χ4n) is 4.74. The minimum atomic E-state index is 0.701. The van der Waals surface area contributed by atoms with E-state index in [2.05, 4.69) is 38.5 Å². The summed E-state index contributed by atoms with van der Waals surface area (Å²) in [6, 6.07) is 0.701. The number of hydrogen-bond acceptors (Lipinski definition) is 5. The molecular weight excluding hydrogens is 304 g/mol. The summed E-state index contributed by atoms with van der Waals surface area (Å²) in [6.07, 6.45) is 9.98. The van der Waals surface area contributed by atoms with E-state index in [1.54, 1.807) is 5.70 Å². The molecule has 0 radical (unpaired) electrons. The Labute approximate surface area is 143 Å². The van der Waals surface area contributed by atoms with Crippen LogP contribution in [-0.4, -0.2) is 72.3 Å². The summed E-state index contributed by atoms with van der Waals surface area (Å²) in [7, 11) is 0. The molecule has 4 fully saturated rings. The fourth-order valence-corrected chi connectivity index (χ4v) is 5.91. The molecule has 0 unspecified atom stereocenters. The molecule has 124 valence electrons. The van der Waals surface area contributed by atoms with Crippen LogP contribution in [0.4, 0.5) is 0 Å². The van der Waals surface area contributed by atoms with Crippen LogP contribution in [0.25, 0.3) is 0 Å². The van der Waals surface area contributed by atoms with Crippen molar-refractivity contribution in [1.82, 2.24) is 20.0 Å². The minimum Gasteiger partial charge on any atom is -0.371 e. The van der Waals surface area contributed by atoms with Gasteiger partial charge in [-0.15, -0.1) is 11.8 Å². The Balaban J connectivity index is 1.37. The fraction of sp³-hybridized carbons (Fsp3) is 0.667. The third-order valence-corrected chi connectivity index (χ3v) is 7.18. The lowest BCUT2D eigenvalue weighted by atomic mass is 9.83. The summed E-state index contributed by atoms with van der Waals surface area (Å²) < 4.78 is 0. The Morgan fingerprint density at radius 3 is 2.65 bits per heavy atom. The van der Waals surface area contributed by atoms with Crippen LogP contribution in [0.2, 0.25) is 0 Å². The first-order chi connectivity index (χ1) is 11.4. The Morgan fingerprint density at radius 1 is 1.09 bits per heavy atom. The van der Waals surface area contributed by atoms with Gasteiger partial charge >= 0.3 is 0 Å². The lowest BCUT2D eigenvalue weighted by Crippen LogP contribution is -2.55. The van der Waals surface area contributed by atoms with Gasteiger partial charge in [0.25, 0.3) is 0 Å². The number of rotatable bonds is 2. The van der Waals surface area contributed by atoms with Gasteiger partial charge in [-0.25, -0.2) is 0 Å². The molecule has 1 N–H and O–H groups in total. The van der Waals surface area contributed by atoms with Gasteiger partial charge in [0.1, 0.15) is 0 Å². The molecule has 6 aliphatic rings. The first-order valence-corrected chi connectivity index (χ1v) is 10.1. The topological polar surface area (TPSA) is 21.8 Å². The largest absolute Gasteiger partial charge is 0.371 e. The maximum Gasteiger partial charge on any atom is 0.0487 e. The molecule has 6 aliphatic heterocycles. The van der Waals surface area contributed by atoms with Gasteiger partial charge in [0.05, 0.1) is 0 Å². The lowest BCUT2D eigenvalue weighted by Gasteiger charge is -2.48. The Bertz CT molecular complexity index is 568. The Morgan fingerprint density at radius 2 is 1.91 bits per heavy atom. The minimum absolute atomic E-state index is 0.701. The van der Waals surface area contributed by atoms with E-state index < -0.39 is 0 Å². The second kappa shape index (κ2) is 5.87. The van der Waals surface area contributed by atoms with Gasteiger partial charge in [-0.2, -0.15) is 0 Å². The molecule has 2 bridgehead atoms. The van der Waals surface area contributed by atoms with Crippen molar-refractivity contribution in [3.8, 4) is 0 Å². The maximum absolute atomic E-state index is 3.46. The van der Waals surface area contributed by atoms with Gasteiger partial charge in [0.15, 0.2) is 0 Å². The van der Waals surface area contributed by atoms with Crippen LogP contribution in [0.15, 0.2) is 34.7 Å². The van der Waals surface area contributed by atoms with Crippen molar-refractivity contribution in [1.29, 1.82) is 0 Å². The number of hydrogen-bond donors (Lipinski definition) is 1. The van der Waals surface area contributed by atoms with Crippen molar-refractivity contribution in [3.05, 3.63) is 34.7 Å². The van der Waals surface area contributed by atoms with Crippen LogP contribution >= 0.6 is 11.8 Å². The van der Waals surface area contributed by atoms with Crippen LogP contribution in [-0.2, 0) is 0 Å². The molecule has 0 aromatic heterocycles. The summed E-state index contributed by atoms with van der Waals surface area (Å²) in [6.45, 7) is 8.46. The van der Waals surface area contributed by atoms with Crippen molar-refractivity contribution < 1.29 is 0 Å². The zero-order valence-electron chi connectivity index (χ0n) is 13.7. The molecule has 6 heterocycles. The molecule has 4 nitrogen and oxygen atoms in total. The molecule has 1 atom stereocenters. The smallest absolute Gasteiger partial charge is 0.0487 e. The SMILES string of the molecule is C1=CN([C@H]2CN3CCC2CC3)C=C2SCC(N3CCNCC3)=C12. The van der Waals surface area contributed by atoms with Crippen LogP contribution in [0.5, 0.6) is 0 Å². The van der Waals surface area contributed by atoms with E-state index in [0.29, 0.717) is 6.04 Å². The predicted octanol–water partition coefficient (Wildman–Crippen LogP) is 1.66. The van der Waals surface area contributed by atoms with Gasteiger partial charge < -0.3 is 20.0 Å². The van der Waals surface area contributed by atoms with Gasteiger partial charge in [0, 0.05) is 73.1 Å². The van der Waals surface area contributed by atoms with E-state index in [9.17, 15) is 0 Å². The molecule has 5 heteroatoms. The maximum atomic E-state index is 3.46. The molecular formula is C18H26N4S. The number of piperazine rings is 1. The predicted molar refractivity (Wildman–Crippen MR) is 95.9 cm³/mol. The summed E-state index contributed by atoms with van der Waals surface area (Å²) in [5.74, 6) is 2.05. The zero-order valence-corrected chi connectivity index (χ0v) is 14.5. The monoisotopic (exact) mass is 330 g/mol. The highest BCUT2D eigenvalue weighted by Gasteiger charge is 2.37. The van der Waals surface area contributed by atoms with Crippen molar-refractivity contribution >= 4 is 11.8 Å². The van der Waals surface area contributed by atoms with E-state index in [4.69, 9.17) is 0 Å². The summed E-state index contributed by atoms with van der Waals surface area (Å²) in [5.41, 5.74) is 3.06. The Hall–Kier alpha value is -0.910. The number of piperidine rings is 3. The number of fused-ring (bicyclic) bond motifs is 4. The highest BCUT2D eigenvalue weighted by molar-refractivity contribution is 8.03. The van der Waals surface area contributed by atoms with E-state index in [0.717, 1.165) is 37.8 Å². The molecule has 0 aromatic carbocycles. The third kappa shape index (κ3) is 2.53. The van der Waals surface area contributed by atoms with Crippen LogP contribution in [0.3, 0.4) is 0 Å². The van der Waals surface area contributed by atoms with Crippen molar-refractivity contribution in [2.75, 3.05) is 51.6 Å². The molecule has 0 amide bonds. The van der Waals surface area contributed by atoms with Gasteiger partial charge in [0.2, 0.25) is 0 Å². The van der Waals surface area contributed by atoms with Crippen molar-refractivity contribution in [2.24, 2.45) is 5.92 Å². The van der Waals surface area contributed by atoms with Crippen LogP contribution in [0, 0.1) is 5.92 Å². The van der Waals surface area contributed by atoms with E-state index in [1.165, 1.54) is 43.0 Å². The van der Waals surface area contributed by atoms with E-state index in [-0.39, 0.29) is 0 Å². The first-order valence-electron chi connectivity index (χ1n) is 9.10. The van der Waals surface area contributed by atoms with Crippen molar-refractivity contribution in [3.63, 3.8) is 0 Å². The average molecular weight is 331 g/mol. The standard InChI is InChI=1S/C18H26N4S/c1-6-20-7-2-14(1)16(11-20)22-8-3-15-17(13-23-18(15)12-22)21-9-4-19-5-10-21/h3,8,12,14,16,19H,1-2,4-7,9-11,13H2/t16-/m0/s1. The number of thioether (sulfide) groups is 1. The molecule has 0 spiro atoms. The summed E-state index contributed by atoms with van der Waals surface area (Å²) >= 11 is 2.03. The van der Waals surface area contributed by atoms with E-state index in [1.807, 2.05) is 11.8 Å². The number of nitrogens with one attached hydrogen (secondary N) is 1. The van der Waals surface area contributed by atoms with Crippen LogP contribution < -0.4 is 5.32 Å². The third-order valence-electron chi connectivity index (χ3n) is 6.12. The molecule has 4 saturated heterocycles. The van der Waals surface area contributed by atoms with Gasteiger partial charge in [-0.3, -0.25) is 0 Å². The van der Waals surface area contributed by atoms with Gasteiger partial charge in [-0.05, 0) is 37.9 Å². The van der Waals surface area contributed by atoms with Gasteiger partial charge in [-0.1, -0.05) is 0 Å². The summed E-state index contributed by atoms with van der Waals surface area (Å²) in [5, 5.41) is 3.46. The lowest BCUT2D eigenvalue weighted by molar-refractivity contribution is 0.0413. The second-order valence-corrected chi connectivity index (χ2v) is 8.36. The highest BCUT2D eigenvalue weighted by Crippen LogP contribution is 2.42. The quantitative estimate of drug-likeness (QED) is 0.829. The van der Waals surface area contributed by atoms with Crippen LogP contribution in [0.1, 0.15) is 12.8 Å². The number of allylic oxidation sites excluding steroid dienone is 2. The normalized spacial score (nSPS) is 36.5. The number of nitrogens with zero attached hydrogens (tertiary/aromatic N) is 3. The molecule has 23 heavy (non-hydrogen) atoms. The molecule has 6 rings (SSSR count). The van der Waals surface area contributed by atoms with Crippen molar-refractivity contribution in [2.45, 2.75) is 18.9 Å². The summed E-state index contributed by atoms with van der Waals surface area (Å²) in [4.78, 5) is 9.27. The zero-order chi connectivity index (χ0) is 15.2. The molecule has 0 aromatic rings.